The Morgan fingerprint density at radius 3 is 2.62 bits per heavy atom. The highest BCUT2D eigenvalue weighted by molar-refractivity contribution is 6.16. The first-order chi connectivity index (χ1) is 7.79. The van der Waals surface area contributed by atoms with Crippen LogP contribution in [0.25, 0.3) is 0 Å². The highest BCUT2D eigenvalue weighted by atomic mass is 35.5. The Labute approximate surface area is 99.1 Å². The van der Waals surface area contributed by atoms with Crippen molar-refractivity contribution < 1.29 is 4.74 Å². The van der Waals surface area contributed by atoms with E-state index in [1.807, 2.05) is 31.2 Å². The molecule has 1 heterocycles. The summed E-state index contributed by atoms with van der Waals surface area (Å²) in [5.41, 5.74) is 1.80. The van der Waals surface area contributed by atoms with Crippen molar-refractivity contribution in [3.8, 4) is 11.6 Å². The first kappa shape index (κ1) is 10.9. The fraction of sp³-hybridized carbons (Fsp3) is 0.167. The minimum atomic E-state index is 0.359. The van der Waals surface area contributed by atoms with Crippen LogP contribution >= 0.6 is 11.6 Å². The molecule has 82 valence electrons. The van der Waals surface area contributed by atoms with E-state index in [2.05, 4.69) is 9.97 Å². The van der Waals surface area contributed by atoms with Gasteiger partial charge in [0.15, 0.2) is 0 Å². The third-order valence-electron chi connectivity index (χ3n) is 2.13. The molecule has 0 aliphatic heterocycles. The van der Waals surface area contributed by atoms with Crippen LogP contribution in [0.1, 0.15) is 11.3 Å². The molecule has 3 nitrogen and oxygen atoms in total. The lowest BCUT2D eigenvalue weighted by Gasteiger charge is -2.06. The quantitative estimate of drug-likeness (QED) is 0.765. The summed E-state index contributed by atoms with van der Waals surface area (Å²) in [4.78, 5) is 8.22. The average molecular weight is 235 g/mol. The summed E-state index contributed by atoms with van der Waals surface area (Å²) in [5.74, 6) is 1.62. The van der Waals surface area contributed by atoms with E-state index in [1.165, 1.54) is 0 Å². The van der Waals surface area contributed by atoms with E-state index >= 15 is 0 Å². The third-order valence-corrected chi connectivity index (χ3v) is 2.40. The Morgan fingerprint density at radius 1 is 1.19 bits per heavy atom. The van der Waals surface area contributed by atoms with Crippen LogP contribution in [0.2, 0.25) is 0 Å². The van der Waals surface area contributed by atoms with E-state index in [1.54, 1.807) is 12.4 Å². The Kier molecular flexibility index (Phi) is 3.37. The van der Waals surface area contributed by atoms with Crippen LogP contribution in [-0.4, -0.2) is 9.97 Å². The molecule has 0 fully saturated rings. The molecule has 1 aromatic carbocycles. The molecule has 0 bridgehead atoms. The highest BCUT2D eigenvalue weighted by Crippen LogP contribution is 2.22. The molecule has 0 aliphatic rings. The van der Waals surface area contributed by atoms with Gasteiger partial charge in [-0.25, -0.2) is 4.98 Å². The number of hydrogen-bond acceptors (Lipinski definition) is 3. The number of ether oxygens (including phenoxy) is 1. The van der Waals surface area contributed by atoms with E-state index in [9.17, 15) is 0 Å². The Hall–Kier alpha value is -1.61. The second-order valence-corrected chi connectivity index (χ2v) is 3.61. The summed E-state index contributed by atoms with van der Waals surface area (Å²) >= 11 is 5.62. The van der Waals surface area contributed by atoms with Crippen LogP contribution < -0.4 is 4.74 Å². The fourth-order valence-electron chi connectivity index (χ4n) is 1.25. The van der Waals surface area contributed by atoms with Gasteiger partial charge < -0.3 is 4.74 Å². The van der Waals surface area contributed by atoms with Crippen LogP contribution in [0, 0.1) is 6.92 Å². The number of para-hydroxylation sites is 1. The number of halogens is 1. The van der Waals surface area contributed by atoms with Gasteiger partial charge in [-0.2, -0.15) is 0 Å². The summed E-state index contributed by atoms with van der Waals surface area (Å²) in [6, 6.07) is 7.76. The number of hydrogen-bond donors (Lipinski definition) is 0. The molecule has 2 aromatic rings. The number of rotatable bonds is 3. The van der Waals surface area contributed by atoms with Crippen molar-refractivity contribution in [3.05, 3.63) is 47.9 Å². The minimum Gasteiger partial charge on any atom is -0.437 e. The standard InChI is InChI=1S/C12H11ClN2O/c1-9-4-2-3-5-11(9)16-12-8-14-10(6-13)7-15-12/h2-5,7-8H,6H2,1H3. The van der Waals surface area contributed by atoms with Gasteiger partial charge in [0.05, 0.1) is 24.0 Å². The van der Waals surface area contributed by atoms with Gasteiger partial charge in [-0.05, 0) is 18.6 Å². The summed E-state index contributed by atoms with van der Waals surface area (Å²) < 4.78 is 5.59. The summed E-state index contributed by atoms with van der Waals surface area (Å²) in [7, 11) is 0. The molecule has 0 radical (unpaired) electrons. The van der Waals surface area contributed by atoms with Crippen LogP contribution in [0.4, 0.5) is 0 Å². The van der Waals surface area contributed by atoms with Gasteiger partial charge in [0.2, 0.25) is 5.88 Å². The lowest BCUT2D eigenvalue weighted by atomic mass is 10.2. The predicted molar refractivity (Wildman–Crippen MR) is 62.8 cm³/mol. The molecule has 4 heteroatoms. The average Bonchev–Trinajstić information content (AvgIpc) is 2.33. The predicted octanol–water partition coefficient (Wildman–Crippen LogP) is 3.32. The van der Waals surface area contributed by atoms with E-state index < -0.39 is 0 Å². The van der Waals surface area contributed by atoms with Gasteiger partial charge >= 0.3 is 0 Å². The zero-order valence-corrected chi connectivity index (χ0v) is 9.61. The van der Waals surface area contributed by atoms with E-state index in [0.29, 0.717) is 11.8 Å². The Bertz CT molecular complexity index is 471. The molecule has 16 heavy (non-hydrogen) atoms. The molecule has 1 aromatic heterocycles. The van der Waals surface area contributed by atoms with Gasteiger partial charge in [-0.1, -0.05) is 18.2 Å². The van der Waals surface area contributed by atoms with Gasteiger partial charge in [0, 0.05) is 0 Å². The monoisotopic (exact) mass is 234 g/mol. The lowest BCUT2D eigenvalue weighted by Crippen LogP contribution is -1.93. The Morgan fingerprint density at radius 2 is 2.00 bits per heavy atom. The van der Waals surface area contributed by atoms with Crippen molar-refractivity contribution in [2.75, 3.05) is 0 Å². The van der Waals surface area contributed by atoms with E-state index in [4.69, 9.17) is 16.3 Å². The van der Waals surface area contributed by atoms with Crippen molar-refractivity contribution in [3.63, 3.8) is 0 Å². The molecule has 0 saturated carbocycles. The maximum Gasteiger partial charge on any atom is 0.237 e. The SMILES string of the molecule is Cc1ccccc1Oc1cnc(CCl)cn1. The number of aromatic nitrogens is 2. The number of alkyl halides is 1. The van der Waals surface area contributed by atoms with E-state index in [0.717, 1.165) is 17.0 Å². The van der Waals surface area contributed by atoms with Crippen LogP contribution in [-0.2, 0) is 5.88 Å². The Balaban J connectivity index is 2.18. The second kappa shape index (κ2) is 4.94. The zero-order valence-electron chi connectivity index (χ0n) is 8.85. The minimum absolute atomic E-state index is 0.359. The van der Waals surface area contributed by atoms with Crippen LogP contribution in [0.15, 0.2) is 36.7 Å². The molecule has 0 N–H and O–H groups in total. The molecule has 0 aliphatic carbocycles. The highest BCUT2D eigenvalue weighted by Gasteiger charge is 2.02. The van der Waals surface area contributed by atoms with Gasteiger partial charge in [-0.3, -0.25) is 4.98 Å². The van der Waals surface area contributed by atoms with Crippen molar-refractivity contribution in [1.29, 1.82) is 0 Å². The number of aryl methyl sites for hydroxylation is 1. The van der Waals surface area contributed by atoms with E-state index in [-0.39, 0.29) is 0 Å². The largest absolute Gasteiger partial charge is 0.437 e. The first-order valence-electron chi connectivity index (χ1n) is 4.90. The third kappa shape index (κ3) is 2.49. The first-order valence-corrected chi connectivity index (χ1v) is 5.43. The number of benzene rings is 1. The van der Waals surface area contributed by atoms with Gasteiger partial charge in [-0.15, -0.1) is 11.6 Å². The van der Waals surface area contributed by atoms with Crippen LogP contribution in [0.5, 0.6) is 11.6 Å². The molecular formula is C12H11ClN2O. The summed E-state index contributed by atoms with van der Waals surface area (Å²) in [5, 5.41) is 0. The van der Waals surface area contributed by atoms with Crippen molar-refractivity contribution >= 4 is 11.6 Å². The zero-order chi connectivity index (χ0) is 11.4. The smallest absolute Gasteiger partial charge is 0.237 e. The van der Waals surface area contributed by atoms with Crippen molar-refractivity contribution in [2.45, 2.75) is 12.8 Å². The van der Waals surface area contributed by atoms with Gasteiger partial charge in [0.25, 0.3) is 0 Å². The fourth-order valence-corrected chi connectivity index (χ4v) is 1.39. The number of nitrogens with zero attached hydrogens (tertiary/aromatic N) is 2. The normalized spacial score (nSPS) is 10.1. The van der Waals surface area contributed by atoms with Crippen molar-refractivity contribution in [2.24, 2.45) is 0 Å². The molecule has 0 spiro atoms. The summed E-state index contributed by atoms with van der Waals surface area (Å²) in [6.07, 6.45) is 3.19. The molecule has 0 atom stereocenters. The molecule has 0 unspecified atom stereocenters. The summed E-state index contributed by atoms with van der Waals surface area (Å²) in [6.45, 7) is 1.98. The maximum absolute atomic E-state index is 5.62. The molecule has 0 saturated heterocycles. The topological polar surface area (TPSA) is 35.0 Å². The van der Waals surface area contributed by atoms with Crippen LogP contribution in [0.3, 0.4) is 0 Å². The second-order valence-electron chi connectivity index (χ2n) is 3.35. The molecular weight excluding hydrogens is 224 g/mol. The lowest BCUT2D eigenvalue weighted by molar-refractivity contribution is 0.456. The van der Waals surface area contributed by atoms with Crippen molar-refractivity contribution in [1.82, 2.24) is 9.97 Å². The maximum atomic E-state index is 5.62. The molecule has 0 amide bonds. The molecule has 2 rings (SSSR count). The van der Waals surface area contributed by atoms with Gasteiger partial charge in [0.1, 0.15) is 5.75 Å².